The molecule has 0 amide bonds. The van der Waals surface area contributed by atoms with Gasteiger partial charge in [-0.15, -0.1) is 0 Å². The molecule has 4 rings (SSSR count). The number of para-hydroxylation sites is 1. The van der Waals surface area contributed by atoms with Crippen molar-refractivity contribution >= 4 is 27.9 Å². The normalized spacial score (nSPS) is 11.0. The van der Waals surface area contributed by atoms with Crippen molar-refractivity contribution in [2.75, 3.05) is 13.2 Å². The van der Waals surface area contributed by atoms with Gasteiger partial charge in [-0.05, 0) is 36.4 Å². The molecule has 6 heteroatoms. The third-order valence-corrected chi connectivity index (χ3v) is 5.05. The Hall–Kier alpha value is -3.51. The molecule has 0 fully saturated rings. The summed E-state index contributed by atoms with van der Waals surface area (Å²) in [4.78, 5) is 16.5. The van der Waals surface area contributed by atoms with Gasteiger partial charge in [0.2, 0.25) is 0 Å². The monoisotopic (exact) mass is 473 g/mol. The highest BCUT2D eigenvalue weighted by Crippen LogP contribution is 2.22. The molecule has 0 aliphatic heterocycles. The van der Waals surface area contributed by atoms with Crippen LogP contribution in [0.5, 0.6) is 5.75 Å². The lowest BCUT2D eigenvalue weighted by Gasteiger charge is -2.04. The molecular formula is C25H20BrN3O2. The van der Waals surface area contributed by atoms with Crippen LogP contribution in [0.4, 0.5) is 0 Å². The number of hydrogen-bond acceptors (Lipinski definition) is 4. The minimum Gasteiger partial charge on any atom is -0.486 e. The van der Waals surface area contributed by atoms with Crippen molar-refractivity contribution in [3.8, 4) is 22.7 Å². The van der Waals surface area contributed by atoms with Crippen LogP contribution in [0.15, 0.2) is 101 Å². The highest BCUT2D eigenvalue weighted by molar-refractivity contribution is 9.10. The minimum absolute atomic E-state index is 0.0200. The lowest BCUT2D eigenvalue weighted by Crippen LogP contribution is -2.14. The summed E-state index contributed by atoms with van der Waals surface area (Å²) in [6.07, 6.45) is 3.62. The highest BCUT2D eigenvalue weighted by atomic mass is 79.9. The summed E-state index contributed by atoms with van der Waals surface area (Å²) in [7, 11) is 0. The number of aliphatic imine (C=N–C) groups is 1. The molecular weight excluding hydrogens is 454 g/mol. The molecule has 31 heavy (non-hydrogen) atoms. The van der Waals surface area contributed by atoms with Crippen molar-refractivity contribution in [3.63, 3.8) is 0 Å². The summed E-state index contributed by atoms with van der Waals surface area (Å²) >= 11 is 3.37. The van der Waals surface area contributed by atoms with Gasteiger partial charge in [-0.3, -0.25) is 9.79 Å². The maximum absolute atomic E-state index is 12.2. The first-order valence-corrected chi connectivity index (χ1v) is 10.6. The molecule has 0 saturated heterocycles. The largest absolute Gasteiger partial charge is 0.486 e. The van der Waals surface area contributed by atoms with Crippen molar-refractivity contribution < 1.29 is 9.53 Å². The quantitative estimate of drug-likeness (QED) is 0.323. The number of ether oxygens (including phenoxy) is 1. The Balaban J connectivity index is 1.47. The van der Waals surface area contributed by atoms with Crippen LogP contribution in [0.3, 0.4) is 0 Å². The van der Waals surface area contributed by atoms with E-state index in [-0.39, 0.29) is 18.9 Å². The first kappa shape index (κ1) is 20.8. The molecule has 0 bridgehead atoms. The molecule has 0 N–H and O–H groups in total. The van der Waals surface area contributed by atoms with Crippen LogP contribution in [0.25, 0.3) is 16.9 Å². The lowest BCUT2D eigenvalue weighted by atomic mass is 10.1. The number of hydrogen-bond donors (Lipinski definition) is 0. The van der Waals surface area contributed by atoms with E-state index in [4.69, 9.17) is 9.84 Å². The van der Waals surface area contributed by atoms with Crippen LogP contribution in [0, 0.1) is 0 Å². The molecule has 0 radical (unpaired) electrons. The third kappa shape index (κ3) is 5.55. The highest BCUT2D eigenvalue weighted by Gasteiger charge is 2.11. The van der Waals surface area contributed by atoms with E-state index in [1.54, 1.807) is 6.21 Å². The fourth-order valence-electron chi connectivity index (χ4n) is 3.00. The smallest absolute Gasteiger partial charge is 0.191 e. The van der Waals surface area contributed by atoms with Crippen LogP contribution in [-0.4, -0.2) is 34.9 Å². The number of nitrogens with zero attached hydrogens (tertiary/aromatic N) is 3. The number of Topliss-reactive ketones (excluding diaryl/α,β-unsaturated/α-hetero) is 1. The second-order valence-electron chi connectivity index (χ2n) is 6.83. The van der Waals surface area contributed by atoms with Crippen LogP contribution in [-0.2, 0) is 4.79 Å². The number of ketones is 1. The molecule has 154 valence electrons. The van der Waals surface area contributed by atoms with Gasteiger partial charge >= 0.3 is 0 Å². The Morgan fingerprint density at radius 2 is 1.65 bits per heavy atom. The van der Waals surface area contributed by atoms with Crippen molar-refractivity contribution in [1.29, 1.82) is 0 Å². The second kappa shape index (κ2) is 10.00. The van der Waals surface area contributed by atoms with Gasteiger partial charge < -0.3 is 4.74 Å². The first-order chi connectivity index (χ1) is 15.2. The Labute approximate surface area is 189 Å². The van der Waals surface area contributed by atoms with Crippen LogP contribution in [0.1, 0.15) is 5.56 Å². The molecule has 4 aromatic rings. The maximum Gasteiger partial charge on any atom is 0.191 e. The summed E-state index contributed by atoms with van der Waals surface area (Å²) in [5.41, 5.74) is 3.60. The standard InChI is InChI=1S/C25H20BrN3O2/c26-21-11-13-24(14-12-21)31-18-23(30)16-27-15-20-17-29(22-9-5-2-6-10-22)28-25(20)19-7-3-1-4-8-19/h1-15,17H,16,18H2. The number of aromatic nitrogens is 2. The SMILES string of the molecule is O=C(CN=Cc1cn(-c2ccccc2)nc1-c1ccccc1)COc1ccc(Br)cc1. The lowest BCUT2D eigenvalue weighted by molar-refractivity contribution is -0.119. The third-order valence-electron chi connectivity index (χ3n) is 4.52. The van der Waals surface area contributed by atoms with Gasteiger partial charge in [0, 0.05) is 28.0 Å². The van der Waals surface area contributed by atoms with E-state index in [1.807, 2.05) is 95.8 Å². The van der Waals surface area contributed by atoms with E-state index in [0.29, 0.717) is 5.75 Å². The van der Waals surface area contributed by atoms with E-state index in [1.165, 1.54) is 0 Å². The average Bonchev–Trinajstić information content (AvgIpc) is 3.24. The van der Waals surface area contributed by atoms with Crippen molar-refractivity contribution in [2.24, 2.45) is 4.99 Å². The summed E-state index contributed by atoms with van der Waals surface area (Å²) in [5, 5.41) is 4.74. The van der Waals surface area contributed by atoms with Crippen LogP contribution >= 0.6 is 15.9 Å². The molecule has 0 unspecified atom stereocenters. The Kier molecular flexibility index (Phi) is 6.69. The van der Waals surface area contributed by atoms with Gasteiger partial charge in [0.15, 0.2) is 5.78 Å². The van der Waals surface area contributed by atoms with Crippen molar-refractivity contribution in [2.45, 2.75) is 0 Å². The molecule has 0 atom stereocenters. The molecule has 3 aromatic carbocycles. The van der Waals surface area contributed by atoms with E-state index >= 15 is 0 Å². The zero-order valence-corrected chi connectivity index (χ0v) is 18.3. The predicted octanol–water partition coefficient (Wildman–Crippen LogP) is 5.37. The Morgan fingerprint density at radius 1 is 0.968 bits per heavy atom. The van der Waals surface area contributed by atoms with Gasteiger partial charge in [0.25, 0.3) is 0 Å². The number of carbonyl (C=O) groups is 1. The van der Waals surface area contributed by atoms with Gasteiger partial charge in [0.05, 0.1) is 5.69 Å². The Morgan fingerprint density at radius 3 is 2.35 bits per heavy atom. The first-order valence-electron chi connectivity index (χ1n) is 9.79. The molecule has 0 saturated carbocycles. The van der Waals surface area contributed by atoms with E-state index in [9.17, 15) is 4.79 Å². The summed E-state index contributed by atoms with van der Waals surface area (Å²) in [6, 6.07) is 27.2. The Bertz CT molecular complexity index is 1170. The topological polar surface area (TPSA) is 56.5 Å². The zero-order chi connectivity index (χ0) is 21.5. The van der Waals surface area contributed by atoms with Crippen LogP contribution in [0.2, 0.25) is 0 Å². The number of halogens is 1. The number of benzene rings is 3. The van der Waals surface area contributed by atoms with E-state index < -0.39 is 0 Å². The van der Waals surface area contributed by atoms with Gasteiger partial charge in [0.1, 0.15) is 24.6 Å². The molecule has 1 heterocycles. The maximum atomic E-state index is 12.2. The molecule has 0 spiro atoms. The zero-order valence-electron chi connectivity index (χ0n) is 16.7. The second-order valence-corrected chi connectivity index (χ2v) is 7.75. The average molecular weight is 474 g/mol. The molecule has 0 aliphatic carbocycles. The van der Waals surface area contributed by atoms with Gasteiger partial charge in [-0.2, -0.15) is 5.10 Å². The van der Waals surface area contributed by atoms with Crippen LogP contribution < -0.4 is 4.74 Å². The van der Waals surface area contributed by atoms with E-state index in [2.05, 4.69) is 20.9 Å². The molecule has 1 aromatic heterocycles. The fraction of sp³-hybridized carbons (Fsp3) is 0.0800. The number of rotatable bonds is 8. The summed E-state index contributed by atoms with van der Waals surface area (Å²) in [5.74, 6) is 0.548. The summed E-state index contributed by atoms with van der Waals surface area (Å²) < 4.78 is 8.30. The van der Waals surface area contributed by atoms with Crippen molar-refractivity contribution in [1.82, 2.24) is 9.78 Å². The molecule has 0 aliphatic rings. The number of carbonyl (C=O) groups excluding carboxylic acids is 1. The predicted molar refractivity (Wildman–Crippen MR) is 126 cm³/mol. The van der Waals surface area contributed by atoms with Gasteiger partial charge in [-0.1, -0.05) is 64.5 Å². The minimum atomic E-state index is -0.101. The fourth-order valence-corrected chi connectivity index (χ4v) is 3.27. The summed E-state index contributed by atoms with van der Waals surface area (Å²) in [6.45, 7) is 0.0229. The van der Waals surface area contributed by atoms with Gasteiger partial charge in [-0.25, -0.2) is 4.68 Å². The van der Waals surface area contributed by atoms with E-state index in [0.717, 1.165) is 27.0 Å². The molecule has 5 nitrogen and oxygen atoms in total. The van der Waals surface area contributed by atoms with Crippen molar-refractivity contribution in [3.05, 3.63) is 101 Å².